The monoisotopic (exact) mass is 504 g/mol. The number of ether oxygens (including phenoxy) is 1. The van der Waals surface area contributed by atoms with Crippen LogP contribution in [0.15, 0.2) is 48.5 Å². The van der Waals surface area contributed by atoms with E-state index < -0.39 is 31.4 Å². The standard InChI is InChI=1S/C22H28N6O6S/c1-21(2,3)34-20(29)24-15-13-26(14-15)25-18-7-10-23-19-17(18)8-11-27(19)35(32,33)22(4)9-5-6-16(12-22)28(30)31/h5-8,10-12,15H,9,13-14H2,1-4H3,(H,23,25)(H,24,29). The summed E-state index contributed by atoms with van der Waals surface area (Å²) in [5.74, 6) is 0. The first-order chi connectivity index (χ1) is 16.3. The third-order valence-electron chi connectivity index (χ3n) is 5.76. The van der Waals surface area contributed by atoms with Crippen LogP contribution >= 0.6 is 0 Å². The number of rotatable bonds is 6. The van der Waals surface area contributed by atoms with E-state index >= 15 is 0 Å². The molecule has 3 heterocycles. The molecule has 13 heteroatoms. The number of hydrogen-bond donors (Lipinski definition) is 2. The van der Waals surface area contributed by atoms with E-state index in [0.717, 1.165) is 3.97 Å². The Balaban J connectivity index is 1.50. The Morgan fingerprint density at radius 2 is 2.03 bits per heavy atom. The summed E-state index contributed by atoms with van der Waals surface area (Å²) in [5.41, 5.74) is 3.25. The van der Waals surface area contributed by atoms with E-state index in [9.17, 15) is 23.3 Å². The Hall–Kier alpha value is -3.45. The molecule has 0 radical (unpaired) electrons. The van der Waals surface area contributed by atoms with Gasteiger partial charge in [-0.3, -0.25) is 10.1 Å². The maximum atomic E-state index is 13.5. The van der Waals surface area contributed by atoms with Crippen molar-refractivity contribution in [1.82, 2.24) is 19.3 Å². The fourth-order valence-corrected chi connectivity index (χ4v) is 5.58. The first-order valence-corrected chi connectivity index (χ1v) is 12.5. The Labute approximate surface area is 202 Å². The molecule has 2 aromatic rings. The normalized spacial score (nSPS) is 21.3. The van der Waals surface area contributed by atoms with Crippen molar-refractivity contribution in [2.24, 2.45) is 0 Å². The van der Waals surface area contributed by atoms with Gasteiger partial charge in [0.15, 0.2) is 5.65 Å². The molecule has 35 heavy (non-hydrogen) atoms. The number of carbonyl (C=O) groups is 1. The van der Waals surface area contributed by atoms with Gasteiger partial charge in [0.1, 0.15) is 10.3 Å². The molecule has 12 nitrogen and oxygen atoms in total. The fraction of sp³-hybridized carbons (Fsp3) is 0.455. The molecule has 1 aliphatic carbocycles. The highest BCUT2D eigenvalue weighted by Gasteiger charge is 2.42. The molecule has 1 aliphatic heterocycles. The van der Waals surface area contributed by atoms with Crippen LogP contribution in [-0.4, -0.2) is 62.9 Å². The summed E-state index contributed by atoms with van der Waals surface area (Å²) in [6.07, 6.45) is 6.50. The molecule has 0 aromatic carbocycles. The molecule has 1 fully saturated rings. The van der Waals surface area contributed by atoms with Crippen LogP contribution in [0.2, 0.25) is 0 Å². The lowest BCUT2D eigenvalue weighted by atomic mass is 10.0. The van der Waals surface area contributed by atoms with Gasteiger partial charge in [0, 0.05) is 43.0 Å². The van der Waals surface area contributed by atoms with Crippen molar-refractivity contribution in [2.75, 3.05) is 18.5 Å². The molecule has 1 amide bonds. The minimum absolute atomic E-state index is 0.0819. The van der Waals surface area contributed by atoms with Crippen LogP contribution < -0.4 is 10.7 Å². The van der Waals surface area contributed by atoms with E-state index in [2.05, 4.69) is 15.7 Å². The average Bonchev–Trinajstić information content (AvgIpc) is 3.16. The first kappa shape index (κ1) is 24.7. The number of hydrazine groups is 1. The number of aromatic nitrogens is 2. The summed E-state index contributed by atoms with van der Waals surface area (Å²) in [5, 5.41) is 16.5. The number of pyridine rings is 1. The Kier molecular flexibility index (Phi) is 6.09. The summed E-state index contributed by atoms with van der Waals surface area (Å²) in [6, 6.07) is 3.28. The predicted molar refractivity (Wildman–Crippen MR) is 130 cm³/mol. The number of nitrogens with zero attached hydrogens (tertiary/aromatic N) is 4. The van der Waals surface area contributed by atoms with Crippen LogP contribution in [0.3, 0.4) is 0 Å². The zero-order chi connectivity index (χ0) is 25.6. The molecule has 1 atom stereocenters. The van der Waals surface area contributed by atoms with Gasteiger partial charge in [0.2, 0.25) is 10.0 Å². The number of alkyl carbamates (subject to hydrolysis) is 1. The van der Waals surface area contributed by atoms with Gasteiger partial charge >= 0.3 is 6.09 Å². The van der Waals surface area contributed by atoms with Gasteiger partial charge < -0.3 is 15.5 Å². The Morgan fingerprint density at radius 3 is 2.69 bits per heavy atom. The lowest BCUT2D eigenvalue weighted by Gasteiger charge is -2.40. The van der Waals surface area contributed by atoms with Crippen molar-refractivity contribution >= 4 is 32.8 Å². The van der Waals surface area contributed by atoms with Crippen molar-refractivity contribution in [3.63, 3.8) is 0 Å². The summed E-state index contributed by atoms with van der Waals surface area (Å²) < 4.78 is 31.9. The highest BCUT2D eigenvalue weighted by atomic mass is 32.2. The first-order valence-electron chi connectivity index (χ1n) is 11.1. The molecule has 0 spiro atoms. The molecule has 2 aromatic heterocycles. The Bertz CT molecular complexity index is 1340. The summed E-state index contributed by atoms with van der Waals surface area (Å²) >= 11 is 0. The summed E-state index contributed by atoms with van der Waals surface area (Å²) in [7, 11) is -4.07. The van der Waals surface area contributed by atoms with Crippen molar-refractivity contribution in [3.8, 4) is 0 Å². The average molecular weight is 505 g/mol. The molecule has 0 bridgehead atoms. The van der Waals surface area contributed by atoms with Crippen molar-refractivity contribution < 1.29 is 22.9 Å². The molecule has 1 unspecified atom stereocenters. The van der Waals surface area contributed by atoms with Gasteiger partial charge in [-0.25, -0.2) is 27.2 Å². The number of amides is 1. The lowest BCUT2D eigenvalue weighted by molar-refractivity contribution is -0.419. The van der Waals surface area contributed by atoms with Crippen molar-refractivity contribution in [1.29, 1.82) is 0 Å². The number of anilines is 1. The third-order valence-corrected chi connectivity index (χ3v) is 8.04. The number of carbonyl (C=O) groups excluding carboxylic acids is 1. The van der Waals surface area contributed by atoms with E-state index in [1.54, 1.807) is 32.9 Å². The van der Waals surface area contributed by atoms with Crippen molar-refractivity contribution in [2.45, 2.75) is 50.5 Å². The van der Waals surface area contributed by atoms with Crippen LogP contribution in [0.25, 0.3) is 11.0 Å². The molecular formula is C22H28N6O6S. The van der Waals surface area contributed by atoms with Crippen LogP contribution in [0.4, 0.5) is 10.5 Å². The van der Waals surface area contributed by atoms with Crippen molar-refractivity contribution in [3.05, 3.63) is 58.6 Å². The predicted octanol–water partition coefficient (Wildman–Crippen LogP) is 2.63. The van der Waals surface area contributed by atoms with Gasteiger partial charge in [-0.05, 0) is 46.2 Å². The van der Waals surface area contributed by atoms with Gasteiger partial charge in [-0.2, -0.15) is 0 Å². The lowest BCUT2D eigenvalue weighted by Crippen LogP contribution is -2.61. The zero-order valence-electron chi connectivity index (χ0n) is 19.9. The molecule has 188 valence electrons. The maximum Gasteiger partial charge on any atom is 0.407 e. The molecule has 2 aliphatic rings. The largest absolute Gasteiger partial charge is 0.444 e. The minimum atomic E-state index is -4.07. The second-order valence-electron chi connectivity index (χ2n) is 9.82. The molecular weight excluding hydrogens is 476 g/mol. The fourth-order valence-electron chi connectivity index (χ4n) is 3.96. The van der Waals surface area contributed by atoms with Crippen LogP contribution in [-0.2, 0) is 14.8 Å². The van der Waals surface area contributed by atoms with Crippen LogP contribution in [0.5, 0.6) is 0 Å². The molecule has 2 N–H and O–H groups in total. The number of nitrogens with one attached hydrogen (secondary N) is 2. The van der Waals surface area contributed by atoms with Gasteiger partial charge in [-0.1, -0.05) is 6.08 Å². The van der Waals surface area contributed by atoms with Crippen LogP contribution in [0.1, 0.15) is 34.1 Å². The number of hydrogen-bond acceptors (Lipinski definition) is 9. The molecule has 0 saturated carbocycles. The second kappa shape index (κ2) is 8.64. The highest BCUT2D eigenvalue weighted by Crippen LogP contribution is 2.34. The van der Waals surface area contributed by atoms with E-state index in [1.807, 2.05) is 5.01 Å². The zero-order valence-corrected chi connectivity index (χ0v) is 20.7. The van der Waals surface area contributed by atoms with Crippen LogP contribution in [0, 0.1) is 10.1 Å². The quantitative estimate of drug-likeness (QED) is 0.447. The second-order valence-corrected chi connectivity index (χ2v) is 12.1. The minimum Gasteiger partial charge on any atom is -0.444 e. The summed E-state index contributed by atoms with van der Waals surface area (Å²) in [6.45, 7) is 7.91. The summed E-state index contributed by atoms with van der Waals surface area (Å²) in [4.78, 5) is 26.8. The van der Waals surface area contributed by atoms with E-state index in [-0.39, 0.29) is 23.8 Å². The smallest absolute Gasteiger partial charge is 0.407 e. The van der Waals surface area contributed by atoms with E-state index in [4.69, 9.17) is 4.74 Å². The number of nitro groups is 1. The maximum absolute atomic E-state index is 13.5. The number of fused-ring (bicyclic) bond motifs is 1. The highest BCUT2D eigenvalue weighted by molar-refractivity contribution is 7.91. The SMILES string of the molecule is CC(C)(C)OC(=O)NC1CN(Nc2ccnc3c2ccn3S(=O)(=O)C2(C)C=C([N+](=O)[O-])C=CC2)C1. The van der Waals surface area contributed by atoms with E-state index in [1.165, 1.54) is 37.5 Å². The van der Waals surface area contributed by atoms with Gasteiger partial charge in [-0.15, -0.1) is 0 Å². The van der Waals surface area contributed by atoms with Gasteiger partial charge in [0.25, 0.3) is 5.70 Å². The molecule has 4 rings (SSSR count). The number of allylic oxidation sites excluding steroid dienone is 2. The Morgan fingerprint density at radius 1 is 1.31 bits per heavy atom. The molecule has 1 saturated heterocycles. The van der Waals surface area contributed by atoms with E-state index in [0.29, 0.717) is 24.2 Å². The van der Waals surface area contributed by atoms with Gasteiger partial charge in [0.05, 0.1) is 16.7 Å². The third kappa shape index (κ3) is 4.86. The topological polar surface area (TPSA) is 149 Å².